The van der Waals surface area contributed by atoms with Gasteiger partial charge >= 0.3 is 0 Å². The predicted octanol–water partition coefficient (Wildman–Crippen LogP) is 3.30. The molecule has 8 nitrogen and oxygen atoms in total. The molecule has 2 aliphatic heterocycles. The maximum absolute atomic E-state index is 13.3. The number of hydrogen-bond acceptors (Lipinski definition) is 6. The molecule has 2 atom stereocenters. The van der Waals surface area contributed by atoms with Crippen LogP contribution in [0.1, 0.15) is 53.3 Å². The van der Waals surface area contributed by atoms with Crippen molar-refractivity contribution in [2.24, 2.45) is 5.73 Å². The number of amides is 1. The summed E-state index contributed by atoms with van der Waals surface area (Å²) in [7, 11) is 0. The van der Waals surface area contributed by atoms with Crippen LogP contribution in [0.2, 0.25) is 5.02 Å². The fraction of sp³-hybridized carbons (Fsp3) is 0.435. The molecule has 1 aromatic carbocycles. The summed E-state index contributed by atoms with van der Waals surface area (Å²) in [5.74, 6) is 0.729. The number of rotatable bonds is 3. The number of piperidine rings is 1. The van der Waals surface area contributed by atoms with Crippen LogP contribution in [0.3, 0.4) is 0 Å². The summed E-state index contributed by atoms with van der Waals surface area (Å²) in [4.78, 5) is 22.2. The Hall–Kier alpha value is -2.84. The van der Waals surface area contributed by atoms with Crippen LogP contribution >= 0.6 is 11.6 Å². The summed E-state index contributed by atoms with van der Waals surface area (Å²) in [5.41, 5.74) is 9.16. The Morgan fingerprint density at radius 3 is 2.81 bits per heavy atom. The van der Waals surface area contributed by atoms with Crippen LogP contribution in [0.5, 0.6) is 5.75 Å². The van der Waals surface area contributed by atoms with Crippen molar-refractivity contribution in [1.82, 2.24) is 19.5 Å². The van der Waals surface area contributed by atoms with Gasteiger partial charge in [0.1, 0.15) is 11.6 Å². The number of nitrogens with two attached hydrogens (primary N) is 1. The van der Waals surface area contributed by atoms with Gasteiger partial charge in [0.25, 0.3) is 5.91 Å². The number of likely N-dealkylation sites (tertiary alicyclic amines) is 1. The molecule has 4 heterocycles. The number of carbonyl (C=O) groups excluding carboxylic acids is 1. The summed E-state index contributed by atoms with van der Waals surface area (Å²) >= 11 is 5.92. The van der Waals surface area contributed by atoms with Crippen molar-refractivity contribution in [1.29, 1.82) is 0 Å². The Labute approximate surface area is 191 Å². The van der Waals surface area contributed by atoms with Gasteiger partial charge in [-0.25, -0.2) is 9.50 Å². The van der Waals surface area contributed by atoms with Gasteiger partial charge in [0.05, 0.1) is 16.8 Å². The van der Waals surface area contributed by atoms with Gasteiger partial charge in [-0.3, -0.25) is 4.79 Å². The molecular formula is C23H27ClN6O2. The van der Waals surface area contributed by atoms with Crippen molar-refractivity contribution in [3.8, 4) is 5.75 Å². The Kier molecular flexibility index (Phi) is 5.43. The maximum Gasteiger partial charge on any atom is 0.254 e. The molecule has 168 valence electrons. The zero-order valence-corrected chi connectivity index (χ0v) is 18.8. The molecule has 9 heteroatoms. The number of aryl methyl sites for hydroxylation is 1. The Morgan fingerprint density at radius 2 is 2.06 bits per heavy atom. The molecule has 0 radical (unpaired) electrons. The average Bonchev–Trinajstić information content (AvgIpc) is 3.40. The topological polar surface area (TPSA) is 100.0 Å². The van der Waals surface area contributed by atoms with Crippen LogP contribution in [0, 0.1) is 6.92 Å². The fourth-order valence-electron chi connectivity index (χ4n) is 4.78. The standard InChI is InChI=1S/C23H27ClN6O2/c1-14-12-30-21(26-22(14)28-9-7-16(25)13-28)11-18(27-30)19-4-2-3-8-29(19)23(32)15-5-6-17(24)20(31)10-15/h5-6,10-12,16,19,31H,2-4,7-9,13,25H2,1H3/t16-,19-/m0/s1. The van der Waals surface area contributed by atoms with E-state index in [-0.39, 0.29) is 28.8 Å². The minimum Gasteiger partial charge on any atom is -0.506 e. The van der Waals surface area contributed by atoms with Crippen molar-refractivity contribution in [2.45, 2.75) is 44.7 Å². The number of carbonyl (C=O) groups is 1. The second-order valence-corrected chi connectivity index (χ2v) is 9.20. The average molecular weight is 455 g/mol. The number of fused-ring (bicyclic) bond motifs is 1. The van der Waals surface area contributed by atoms with E-state index >= 15 is 0 Å². The van der Waals surface area contributed by atoms with Crippen LogP contribution in [0.15, 0.2) is 30.5 Å². The summed E-state index contributed by atoms with van der Waals surface area (Å²) in [5, 5.41) is 15.0. The third-order valence-electron chi connectivity index (χ3n) is 6.45. The zero-order chi connectivity index (χ0) is 22.4. The van der Waals surface area contributed by atoms with Crippen molar-refractivity contribution < 1.29 is 9.90 Å². The number of anilines is 1. The highest BCUT2D eigenvalue weighted by Gasteiger charge is 2.31. The van der Waals surface area contributed by atoms with Crippen LogP contribution < -0.4 is 10.6 Å². The van der Waals surface area contributed by atoms with E-state index in [1.807, 2.05) is 24.1 Å². The number of aromatic hydroxyl groups is 1. The number of aromatic nitrogens is 3. The second-order valence-electron chi connectivity index (χ2n) is 8.79. The third-order valence-corrected chi connectivity index (χ3v) is 6.77. The molecule has 1 amide bonds. The SMILES string of the molecule is Cc1cn2nc([C@@H]3CCCCN3C(=O)c3ccc(Cl)c(O)c3)cc2nc1N1CC[C@H](N)C1. The zero-order valence-electron chi connectivity index (χ0n) is 18.0. The van der Waals surface area contributed by atoms with Crippen molar-refractivity contribution in [3.63, 3.8) is 0 Å². The lowest BCUT2D eigenvalue weighted by Gasteiger charge is -2.34. The number of phenols is 1. The number of phenolic OH excluding ortho intramolecular Hbond substituents is 1. The smallest absolute Gasteiger partial charge is 0.254 e. The highest BCUT2D eigenvalue weighted by Crippen LogP contribution is 2.34. The molecule has 2 aliphatic rings. The lowest BCUT2D eigenvalue weighted by molar-refractivity contribution is 0.0605. The third kappa shape index (κ3) is 3.78. The molecule has 5 rings (SSSR count). The van der Waals surface area contributed by atoms with Gasteiger partial charge in [0.2, 0.25) is 0 Å². The first-order chi connectivity index (χ1) is 15.4. The maximum atomic E-state index is 13.3. The van der Waals surface area contributed by atoms with Gasteiger partial charge in [-0.05, 0) is 50.8 Å². The number of hydrogen-bond donors (Lipinski definition) is 2. The Balaban J connectivity index is 1.47. The van der Waals surface area contributed by atoms with Crippen molar-refractivity contribution in [3.05, 3.63) is 52.3 Å². The van der Waals surface area contributed by atoms with E-state index in [4.69, 9.17) is 27.4 Å². The van der Waals surface area contributed by atoms with Crippen LogP contribution in [-0.2, 0) is 0 Å². The first-order valence-corrected chi connectivity index (χ1v) is 11.5. The van der Waals surface area contributed by atoms with E-state index in [0.717, 1.165) is 61.5 Å². The molecule has 2 aromatic heterocycles. The highest BCUT2D eigenvalue weighted by molar-refractivity contribution is 6.32. The molecule has 3 N–H and O–H groups in total. The van der Waals surface area contributed by atoms with Gasteiger partial charge < -0.3 is 20.6 Å². The molecule has 32 heavy (non-hydrogen) atoms. The molecule has 0 spiro atoms. The van der Waals surface area contributed by atoms with Crippen LogP contribution in [0.25, 0.3) is 5.65 Å². The first kappa shape index (κ1) is 21.0. The van der Waals surface area contributed by atoms with Gasteiger partial charge in [0.15, 0.2) is 5.65 Å². The van der Waals surface area contributed by atoms with Crippen molar-refractivity contribution >= 4 is 29.0 Å². The van der Waals surface area contributed by atoms with Crippen LogP contribution in [0.4, 0.5) is 5.82 Å². The molecule has 2 fully saturated rings. The van der Waals surface area contributed by atoms with Gasteiger partial charge in [-0.2, -0.15) is 5.10 Å². The minimum absolute atomic E-state index is 0.0901. The normalized spacial score (nSPS) is 21.5. The lowest BCUT2D eigenvalue weighted by Crippen LogP contribution is -2.38. The van der Waals surface area contributed by atoms with Crippen molar-refractivity contribution in [2.75, 3.05) is 24.5 Å². The monoisotopic (exact) mass is 454 g/mol. The fourth-order valence-corrected chi connectivity index (χ4v) is 4.89. The molecule has 2 saturated heterocycles. The Bertz CT molecular complexity index is 1180. The predicted molar refractivity (Wildman–Crippen MR) is 123 cm³/mol. The van der Waals surface area contributed by atoms with E-state index < -0.39 is 0 Å². The summed E-state index contributed by atoms with van der Waals surface area (Å²) in [6.07, 6.45) is 5.76. The summed E-state index contributed by atoms with van der Waals surface area (Å²) < 4.78 is 1.80. The highest BCUT2D eigenvalue weighted by atomic mass is 35.5. The first-order valence-electron chi connectivity index (χ1n) is 11.1. The van der Waals surface area contributed by atoms with E-state index in [2.05, 4.69) is 4.90 Å². The van der Waals surface area contributed by atoms with Gasteiger partial charge in [0, 0.05) is 49.1 Å². The summed E-state index contributed by atoms with van der Waals surface area (Å²) in [6.45, 7) is 4.40. The quantitative estimate of drug-likeness (QED) is 0.629. The van der Waals surface area contributed by atoms with Crippen LogP contribution in [-0.4, -0.2) is 56.2 Å². The Morgan fingerprint density at radius 1 is 1.22 bits per heavy atom. The van der Waals surface area contributed by atoms with E-state index in [0.29, 0.717) is 12.1 Å². The number of nitrogens with zero attached hydrogens (tertiary/aromatic N) is 5. The summed E-state index contributed by atoms with van der Waals surface area (Å²) in [6, 6.07) is 6.65. The number of benzene rings is 1. The minimum atomic E-state index is -0.139. The second kappa shape index (κ2) is 8.26. The lowest BCUT2D eigenvalue weighted by atomic mass is 9.98. The molecule has 3 aromatic rings. The van der Waals surface area contributed by atoms with E-state index in [1.54, 1.807) is 16.6 Å². The van der Waals surface area contributed by atoms with E-state index in [9.17, 15) is 9.90 Å². The van der Waals surface area contributed by atoms with E-state index in [1.165, 1.54) is 6.07 Å². The largest absolute Gasteiger partial charge is 0.506 e. The molecule has 0 unspecified atom stereocenters. The molecule has 0 aliphatic carbocycles. The molecule has 0 bridgehead atoms. The van der Waals surface area contributed by atoms with Gasteiger partial charge in [-0.15, -0.1) is 0 Å². The molecular weight excluding hydrogens is 428 g/mol. The number of halogens is 1. The molecule has 0 saturated carbocycles. The van der Waals surface area contributed by atoms with Gasteiger partial charge in [-0.1, -0.05) is 11.6 Å².